The third-order valence-electron chi connectivity index (χ3n) is 4.32. The van der Waals surface area contributed by atoms with Crippen LogP contribution in [0.2, 0.25) is 0 Å². The molecule has 0 radical (unpaired) electrons. The van der Waals surface area contributed by atoms with E-state index in [1.54, 1.807) is 0 Å². The van der Waals surface area contributed by atoms with Crippen LogP contribution < -0.4 is 5.32 Å². The van der Waals surface area contributed by atoms with Crippen LogP contribution in [0, 0.1) is 11.8 Å². The topological polar surface area (TPSA) is 35.6 Å². The molecule has 0 aromatic carbocycles. The second-order valence-electron chi connectivity index (χ2n) is 5.54. The van der Waals surface area contributed by atoms with Crippen LogP contribution in [0.3, 0.4) is 0 Å². The van der Waals surface area contributed by atoms with Crippen molar-refractivity contribution < 1.29 is 4.79 Å². The van der Waals surface area contributed by atoms with Crippen molar-refractivity contribution in [3.63, 3.8) is 0 Å². The zero-order chi connectivity index (χ0) is 14.3. The molecule has 2 atom stereocenters. The molecule has 1 aliphatic rings. The van der Waals surface area contributed by atoms with E-state index in [1.807, 2.05) is 4.90 Å². The van der Waals surface area contributed by atoms with Crippen LogP contribution >= 0.6 is 0 Å². The van der Waals surface area contributed by atoms with E-state index in [-0.39, 0.29) is 5.92 Å². The number of hydrogen-bond acceptors (Lipinski definition) is 3. The fourth-order valence-electron chi connectivity index (χ4n) is 2.82. The average molecular weight is 269 g/mol. The van der Waals surface area contributed by atoms with Crippen LogP contribution in [-0.2, 0) is 4.79 Å². The summed E-state index contributed by atoms with van der Waals surface area (Å²) in [6.45, 7) is 15.5. The maximum atomic E-state index is 12.5. The molecule has 19 heavy (non-hydrogen) atoms. The Labute approximate surface area is 118 Å². The molecule has 0 spiro atoms. The van der Waals surface area contributed by atoms with Crippen molar-refractivity contribution in [3.05, 3.63) is 0 Å². The first-order valence-corrected chi connectivity index (χ1v) is 7.85. The van der Waals surface area contributed by atoms with Crippen LogP contribution in [0.25, 0.3) is 0 Å². The third-order valence-corrected chi connectivity index (χ3v) is 4.32. The third kappa shape index (κ3) is 4.77. The quantitative estimate of drug-likeness (QED) is 0.724. The molecule has 0 aliphatic carbocycles. The van der Waals surface area contributed by atoms with Crippen molar-refractivity contribution in [2.45, 2.75) is 34.1 Å². The highest BCUT2D eigenvalue weighted by Gasteiger charge is 2.32. The molecule has 2 unspecified atom stereocenters. The molecule has 0 aromatic heterocycles. The van der Waals surface area contributed by atoms with Gasteiger partial charge in [0, 0.05) is 19.6 Å². The fraction of sp³-hybridized carbons (Fsp3) is 0.933. The van der Waals surface area contributed by atoms with Gasteiger partial charge >= 0.3 is 0 Å². The van der Waals surface area contributed by atoms with E-state index >= 15 is 0 Å². The molecule has 1 heterocycles. The predicted molar refractivity (Wildman–Crippen MR) is 80.2 cm³/mol. The summed E-state index contributed by atoms with van der Waals surface area (Å²) in [6, 6.07) is 0. The first-order chi connectivity index (χ1) is 9.13. The summed E-state index contributed by atoms with van der Waals surface area (Å²) in [6.07, 6.45) is 1.08. The highest BCUT2D eigenvalue weighted by Crippen LogP contribution is 2.18. The Bertz CT molecular complexity index is 266. The lowest BCUT2D eigenvalue weighted by atomic mass is 9.96. The predicted octanol–water partition coefficient (Wildman–Crippen LogP) is 1.42. The van der Waals surface area contributed by atoms with E-state index in [1.165, 1.54) is 0 Å². The number of rotatable bonds is 8. The van der Waals surface area contributed by atoms with E-state index in [4.69, 9.17) is 0 Å². The molecule has 0 bridgehead atoms. The van der Waals surface area contributed by atoms with Crippen LogP contribution in [0.5, 0.6) is 0 Å². The Balaban J connectivity index is 2.38. The minimum Gasteiger partial charge on any atom is -0.343 e. The van der Waals surface area contributed by atoms with Gasteiger partial charge in [-0.15, -0.1) is 0 Å². The summed E-state index contributed by atoms with van der Waals surface area (Å²) in [5, 5.41) is 3.32. The largest absolute Gasteiger partial charge is 0.343 e. The fourth-order valence-corrected chi connectivity index (χ4v) is 2.82. The first kappa shape index (κ1) is 16.4. The lowest BCUT2D eigenvalue weighted by Gasteiger charge is -2.27. The van der Waals surface area contributed by atoms with Gasteiger partial charge in [0.1, 0.15) is 0 Å². The maximum absolute atomic E-state index is 12.5. The van der Waals surface area contributed by atoms with Gasteiger partial charge < -0.3 is 15.1 Å². The Kier molecular flexibility index (Phi) is 7.39. The van der Waals surface area contributed by atoms with Crippen LogP contribution in [-0.4, -0.2) is 61.5 Å². The molecule has 1 amide bonds. The number of hydrogen-bond donors (Lipinski definition) is 1. The molecule has 1 fully saturated rings. The van der Waals surface area contributed by atoms with Gasteiger partial charge in [0.15, 0.2) is 0 Å². The van der Waals surface area contributed by atoms with Crippen molar-refractivity contribution in [3.8, 4) is 0 Å². The highest BCUT2D eigenvalue weighted by atomic mass is 16.2. The SMILES string of the molecule is CCN(CC)CCCN(CC)C(=O)C1CNCC1C. The molecule has 4 heteroatoms. The van der Waals surface area contributed by atoms with Gasteiger partial charge in [0.05, 0.1) is 5.92 Å². The molecule has 112 valence electrons. The van der Waals surface area contributed by atoms with Crippen molar-refractivity contribution in [2.75, 3.05) is 45.8 Å². The average Bonchev–Trinajstić information content (AvgIpc) is 2.85. The maximum Gasteiger partial charge on any atom is 0.227 e. The molecule has 1 N–H and O–H groups in total. The second kappa shape index (κ2) is 8.54. The van der Waals surface area contributed by atoms with Crippen molar-refractivity contribution in [2.24, 2.45) is 11.8 Å². The number of carbonyl (C=O) groups excluding carboxylic acids is 1. The lowest BCUT2D eigenvalue weighted by molar-refractivity contribution is -0.135. The van der Waals surface area contributed by atoms with E-state index < -0.39 is 0 Å². The molecule has 1 saturated heterocycles. The minimum absolute atomic E-state index is 0.188. The van der Waals surface area contributed by atoms with Gasteiger partial charge in [0.25, 0.3) is 0 Å². The zero-order valence-corrected chi connectivity index (χ0v) is 13.1. The molecular formula is C15H31N3O. The second-order valence-corrected chi connectivity index (χ2v) is 5.54. The summed E-state index contributed by atoms with van der Waals surface area (Å²) < 4.78 is 0. The van der Waals surface area contributed by atoms with E-state index in [9.17, 15) is 4.79 Å². The van der Waals surface area contributed by atoms with Gasteiger partial charge in [-0.05, 0) is 45.4 Å². The van der Waals surface area contributed by atoms with Gasteiger partial charge in [-0.1, -0.05) is 20.8 Å². The van der Waals surface area contributed by atoms with Gasteiger partial charge in [0.2, 0.25) is 5.91 Å². The Morgan fingerprint density at radius 1 is 1.11 bits per heavy atom. The molecule has 4 nitrogen and oxygen atoms in total. The summed E-state index contributed by atoms with van der Waals surface area (Å²) >= 11 is 0. The molecule has 1 rings (SSSR count). The van der Waals surface area contributed by atoms with Gasteiger partial charge in [-0.25, -0.2) is 0 Å². The van der Waals surface area contributed by atoms with Crippen molar-refractivity contribution in [1.82, 2.24) is 15.1 Å². The monoisotopic (exact) mass is 269 g/mol. The van der Waals surface area contributed by atoms with Crippen LogP contribution in [0.15, 0.2) is 0 Å². The zero-order valence-electron chi connectivity index (χ0n) is 13.1. The summed E-state index contributed by atoms with van der Waals surface area (Å²) in [5.41, 5.74) is 0. The number of amides is 1. The molecule has 0 aromatic rings. The van der Waals surface area contributed by atoms with E-state index in [0.29, 0.717) is 11.8 Å². The minimum atomic E-state index is 0.188. The smallest absolute Gasteiger partial charge is 0.227 e. The number of nitrogens with zero attached hydrogens (tertiary/aromatic N) is 2. The van der Waals surface area contributed by atoms with Gasteiger partial charge in [-0.2, -0.15) is 0 Å². The normalized spacial score (nSPS) is 23.0. The summed E-state index contributed by atoms with van der Waals surface area (Å²) in [5.74, 6) is 1.01. The summed E-state index contributed by atoms with van der Waals surface area (Å²) in [4.78, 5) is 16.9. The highest BCUT2D eigenvalue weighted by molar-refractivity contribution is 5.79. The molecule has 1 aliphatic heterocycles. The molecule has 0 saturated carbocycles. The van der Waals surface area contributed by atoms with Crippen LogP contribution in [0.4, 0.5) is 0 Å². The van der Waals surface area contributed by atoms with Crippen LogP contribution in [0.1, 0.15) is 34.1 Å². The van der Waals surface area contributed by atoms with E-state index in [2.05, 4.69) is 37.9 Å². The summed E-state index contributed by atoms with van der Waals surface area (Å²) in [7, 11) is 0. The Morgan fingerprint density at radius 2 is 1.79 bits per heavy atom. The van der Waals surface area contributed by atoms with Crippen molar-refractivity contribution in [1.29, 1.82) is 0 Å². The Morgan fingerprint density at radius 3 is 2.26 bits per heavy atom. The molecular weight excluding hydrogens is 238 g/mol. The van der Waals surface area contributed by atoms with E-state index in [0.717, 1.165) is 52.2 Å². The lowest BCUT2D eigenvalue weighted by Crippen LogP contribution is -2.40. The first-order valence-electron chi connectivity index (χ1n) is 7.85. The number of carbonyl (C=O) groups is 1. The number of nitrogens with one attached hydrogen (secondary N) is 1. The van der Waals surface area contributed by atoms with Crippen molar-refractivity contribution >= 4 is 5.91 Å². The Hall–Kier alpha value is -0.610. The standard InChI is InChI=1S/C15H31N3O/c1-5-17(6-2)9-8-10-18(7-3)15(19)14-12-16-11-13(14)4/h13-14,16H,5-12H2,1-4H3. The van der Waals surface area contributed by atoms with Gasteiger partial charge in [-0.3, -0.25) is 4.79 Å².